The highest BCUT2D eigenvalue weighted by molar-refractivity contribution is 5.70. The van der Waals surface area contributed by atoms with Crippen LogP contribution in [0.1, 0.15) is 13.8 Å². The summed E-state index contributed by atoms with van der Waals surface area (Å²) in [5, 5.41) is 19.8. The Hall–Kier alpha value is -1.50. The first kappa shape index (κ1) is 14.0. The van der Waals surface area contributed by atoms with Crippen molar-refractivity contribution in [1.29, 1.82) is 0 Å². The van der Waals surface area contributed by atoms with Gasteiger partial charge < -0.3 is 14.9 Å². The molecule has 0 heterocycles. The van der Waals surface area contributed by atoms with E-state index in [9.17, 15) is 9.59 Å². The Labute approximate surface area is 75.0 Å². The average molecular weight is 192 g/mol. The fourth-order valence-electron chi connectivity index (χ4n) is 0.290. The van der Waals surface area contributed by atoms with E-state index >= 15 is 0 Å². The number of carboxylic acid groups (broad SMARTS) is 2. The number of carbonyl (C=O) groups is 2. The van der Waals surface area contributed by atoms with Crippen LogP contribution in [0, 0.1) is 0 Å². The number of amides is 2. The molecule has 0 fully saturated rings. The minimum atomic E-state index is -1.62. The zero-order valence-corrected chi connectivity index (χ0v) is 7.43. The highest BCUT2D eigenvalue weighted by atomic mass is 16.5. The third-order valence-electron chi connectivity index (χ3n) is 0.629. The molecule has 0 saturated carbocycles. The molecule has 0 spiro atoms. The highest BCUT2D eigenvalue weighted by Crippen LogP contribution is 1.76. The second-order valence-electron chi connectivity index (χ2n) is 1.55. The summed E-state index contributed by atoms with van der Waals surface area (Å²) >= 11 is 0. The molecule has 0 aliphatic carbocycles. The van der Waals surface area contributed by atoms with Gasteiger partial charge in [-0.15, -0.1) is 0 Å². The maximum Gasteiger partial charge on any atom is 0.450 e. The molecular weight excluding hydrogens is 180 g/mol. The Bertz CT molecular complexity index is 162. The van der Waals surface area contributed by atoms with Crippen molar-refractivity contribution in [3.63, 3.8) is 0 Å². The third kappa shape index (κ3) is 25.1. The fraction of sp³-hybridized carbons (Fsp3) is 0.667. The maximum absolute atomic E-state index is 9.38. The van der Waals surface area contributed by atoms with E-state index in [1.807, 2.05) is 13.8 Å². The van der Waals surface area contributed by atoms with Crippen molar-refractivity contribution < 1.29 is 24.5 Å². The molecule has 0 radical (unpaired) electrons. The quantitative estimate of drug-likeness (QED) is 0.648. The van der Waals surface area contributed by atoms with E-state index in [0.717, 1.165) is 13.2 Å². The predicted octanol–water partition coefficient (Wildman–Crippen LogP) is 1.84. The second kappa shape index (κ2) is 10.5. The topological polar surface area (TPSA) is 109 Å². The van der Waals surface area contributed by atoms with Crippen LogP contribution in [0.25, 0.3) is 0 Å². The SMILES string of the molecule is CCOCC.O=C(O)N=NC(=O)O. The minimum Gasteiger partial charge on any atom is -0.462 e. The zero-order valence-electron chi connectivity index (χ0n) is 7.43. The van der Waals surface area contributed by atoms with Crippen LogP contribution in [0.3, 0.4) is 0 Å². The Morgan fingerprint density at radius 2 is 1.38 bits per heavy atom. The molecule has 0 aromatic rings. The van der Waals surface area contributed by atoms with Gasteiger partial charge in [0.1, 0.15) is 0 Å². The molecule has 0 atom stereocenters. The summed E-state index contributed by atoms with van der Waals surface area (Å²) in [5.41, 5.74) is 0. The van der Waals surface area contributed by atoms with Gasteiger partial charge in [0.25, 0.3) is 0 Å². The summed E-state index contributed by atoms with van der Waals surface area (Å²) in [6.45, 7) is 5.67. The highest BCUT2D eigenvalue weighted by Gasteiger charge is 1.91. The Morgan fingerprint density at radius 3 is 1.46 bits per heavy atom. The van der Waals surface area contributed by atoms with Gasteiger partial charge in [0.2, 0.25) is 0 Å². The Kier molecular flexibility index (Phi) is 11.3. The molecule has 0 aliphatic rings. The molecule has 7 heteroatoms. The summed E-state index contributed by atoms with van der Waals surface area (Å²) in [6.07, 6.45) is -3.24. The molecule has 7 nitrogen and oxygen atoms in total. The van der Waals surface area contributed by atoms with Crippen LogP contribution in [-0.4, -0.2) is 35.6 Å². The van der Waals surface area contributed by atoms with E-state index in [1.165, 1.54) is 0 Å². The van der Waals surface area contributed by atoms with E-state index < -0.39 is 12.2 Å². The van der Waals surface area contributed by atoms with Gasteiger partial charge in [-0.05, 0) is 13.8 Å². The maximum atomic E-state index is 9.38. The van der Waals surface area contributed by atoms with Gasteiger partial charge in [0, 0.05) is 13.2 Å². The monoisotopic (exact) mass is 192 g/mol. The van der Waals surface area contributed by atoms with Crippen molar-refractivity contribution in [2.24, 2.45) is 10.2 Å². The van der Waals surface area contributed by atoms with E-state index in [2.05, 4.69) is 10.2 Å². The van der Waals surface area contributed by atoms with Crippen LogP contribution in [0.15, 0.2) is 10.2 Å². The molecule has 0 aliphatic heterocycles. The van der Waals surface area contributed by atoms with Crippen molar-refractivity contribution >= 4 is 12.2 Å². The lowest BCUT2D eigenvalue weighted by Crippen LogP contribution is -1.87. The molecule has 76 valence electrons. The number of ether oxygens (including phenoxy) is 1. The van der Waals surface area contributed by atoms with E-state index in [1.54, 1.807) is 0 Å². The first-order chi connectivity index (χ1) is 6.04. The Morgan fingerprint density at radius 1 is 1.08 bits per heavy atom. The fourth-order valence-corrected chi connectivity index (χ4v) is 0.290. The Balaban J connectivity index is 0. The molecule has 0 aromatic heterocycles. The summed E-state index contributed by atoms with van der Waals surface area (Å²) in [5.74, 6) is 0. The number of nitrogens with zero attached hydrogens (tertiary/aromatic N) is 2. The lowest BCUT2D eigenvalue weighted by atomic mass is 10.8. The first-order valence-electron chi connectivity index (χ1n) is 3.49. The zero-order chi connectivity index (χ0) is 10.7. The summed E-state index contributed by atoms with van der Waals surface area (Å²) < 4.78 is 4.83. The number of rotatable bonds is 2. The van der Waals surface area contributed by atoms with Crippen LogP contribution in [0.2, 0.25) is 0 Å². The van der Waals surface area contributed by atoms with Gasteiger partial charge in [-0.1, -0.05) is 10.2 Å². The number of hydrogen-bond acceptors (Lipinski definition) is 3. The van der Waals surface area contributed by atoms with Gasteiger partial charge in [-0.3, -0.25) is 0 Å². The smallest absolute Gasteiger partial charge is 0.450 e. The van der Waals surface area contributed by atoms with E-state index in [4.69, 9.17) is 14.9 Å². The van der Waals surface area contributed by atoms with Crippen LogP contribution in [0.4, 0.5) is 9.59 Å². The molecule has 2 N–H and O–H groups in total. The van der Waals surface area contributed by atoms with Crippen molar-refractivity contribution in [1.82, 2.24) is 0 Å². The molecule has 0 unspecified atom stereocenters. The molecule has 0 bridgehead atoms. The van der Waals surface area contributed by atoms with Gasteiger partial charge in [0.05, 0.1) is 0 Å². The van der Waals surface area contributed by atoms with Crippen LogP contribution in [-0.2, 0) is 4.74 Å². The normalized spacial score (nSPS) is 9.08. The molecular formula is C6H12N2O5. The number of azo groups is 1. The first-order valence-corrected chi connectivity index (χ1v) is 3.49. The standard InChI is InChI=1S/C4H10O.C2H2N2O4/c1-3-5-4-2;5-1(6)3-4-2(7)8/h3-4H2,1-2H3;(H,5,6)(H,7,8). The third-order valence-corrected chi connectivity index (χ3v) is 0.629. The average Bonchev–Trinajstić information content (AvgIpc) is 2.03. The van der Waals surface area contributed by atoms with Crippen molar-refractivity contribution in [2.75, 3.05) is 13.2 Å². The predicted molar refractivity (Wildman–Crippen MR) is 43.1 cm³/mol. The molecule has 0 aromatic carbocycles. The summed E-state index contributed by atoms with van der Waals surface area (Å²) in [7, 11) is 0. The van der Waals surface area contributed by atoms with Crippen LogP contribution >= 0.6 is 0 Å². The van der Waals surface area contributed by atoms with Gasteiger partial charge >= 0.3 is 12.2 Å². The van der Waals surface area contributed by atoms with Crippen molar-refractivity contribution in [3.8, 4) is 0 Å². The minimum absolute atomic E-state index is 0.844. The van der Waals surface area contributed by atoms with Crippen LogP contribution in [0.5, 0.6) is 0 Å². The molecule has 0 rings (SSSR count). The largest absolute Gasteiger partial charge is 0.462 e. The molecule has 13 heavy (non-hydrogen) atoms. The van der Waals surface area contributed by atoms with Crippen molar-refractivity contribution in [2.45, 2.75) is 13.8 Å². The van der Waals surface area contributed by atoms with Gasteiger partial charge in [-0.2, -0.15) is 0 Å². The lowest BCUT2D eigenvalue weighted by Gasteiger charge is -1.86. The van der Waals surface area contributed by atoms with Crippen LogP contribution < -0.4 is 0 Å². The summed E-state index contributed by atoms with van der Waals surface area (Å²) in [4.78, 5) is 18.8. The second-order valence-corrected chi connectivity index (χ2v) is 1.55. The van der Waals surface area contributed by atoms with E-state index in [-0.39, 0.29) is 0 Å². The van der Waals surface area contributed by atoms with Gasteiger partial charge in [0.15, 0.2) is 0 Å². The summed E-state index contributed by atoms with van der Waals surface area (Å²) in [6, 6.07) is 0. The van der Waals surface area contributed by atoms with E-state index in [0.29, 0.717) is 0 Å². The van der Waals surface area contributed by atoms with Crippen molar-refractivity contribution in [3.05, 3.63) is 0 Å². The van der Waals surface area contributed by atoms with Gasteiger partial charge in [-0.25, -0.2) is 9.59 Å². The number of hydrogen-bond donors (Lipinski definition) is 2. The molecule has 0 saturated heterocycles. The lowest BCUT2D eigenvalue weighted by molar-refractivity contribution is 0.162. The molecule has 2 amide bonds.